The second kappa shape index (κ2) is 5.80. The number of hydrogen-bond donors (Lipinski definition) is 1. The van der Waals surface area contributed by atoms with Crippen molar-refractivity contribution in [2.24, 2.45) is 13.0 Å². The first-order valence-electron chi connectivity index (χ1n) is 6.83. The van der Waals surface area contributed by atoms with E-state index in [9.17, 15) is 0 Å². The summed E-state index contributed by atoms with van der Waals surface area (Å²) in [5.74, 6) is 3.00. The minimum Gasteiger partial charge on any atom is -0.396 e. The summed E-state index contributed by atoms with van der Waals surface area (Å²) in [6.07, 6.45) is 2.18. The molecule has 0 atom stereocenters. The zero-order chi connectivity index (χ0) is 13.1. The van der Waals surface area contributed by atoms with E-state index in [0.29, 0.717) is 18.4 Å². The molecule has 18 heavy (non-hydrogen) atoms. The molecule has 0 spiro atoms. The highest BCUT2D eigenvalue weighted by atomic mass is 16.3. The van der Waals surface area contributed by atoms with E-state index in [1.165, 1.54) is 0 Å². The number of hydrogen-bond acceptors (Lipinski definition) is 4. The molecule has 1 aliphatic rings. The topological polar surface area (TPSA) is 54.2 Å². The highest BCUT2D eigenvalue weighted by molar-refractivity contribution is 4.99. The van der Waals surface area contributed by atoms with Gasteiger partial charge in [-0.3, -0.25) is 4.90 Å². The fourth-order valence-corrected chi connectivity index (χ4v) is 2.54. The molecule has 1 saturated heterocycles. The van der Waals surface area contributed by atoms with Gasteiger partial charge in [0.2, 0.25) is 0 Å². The first kappa shape index (κ1) is 13.5. The number of aromatic nitrogens is 3. The predicted molar refractivity (Wildman–Crippen MR) is 70.2 cm³/mol. The lowest BCUT2D eigenvalue weighted by molar-refractivity contribution is 0.125. The molecule has 0 aromatic carbocycles. The van der Waals surface area contributed by atoms with Gasteiger partial charge in [-0.2, -0.15) is 0 Å². The van der Waals surface area contributed by atoms with Crippen LogP contribution in [-0.4, -0.2) is 44.5 Å². The summed E-state index contributed by atoms with van der Waals surface area (Å²) >= 11 is 0. The van der Waals surface area contributed by atoms with Gasteiger partial charge in [-0.05, 0) is 31.8 Å². The number of likely N-dealkylation sites (tertiary alicyclic amines) is 1. The second-order valence-electron chi connectivity index (χ2n) is 5.59. The van der Waals surface area contributed by atoms with Gasteiger partial charge in [0.15, 0.2) is 0 Å². The summed E-state index contributed by atoms with van der Waals surface area (Å²) in [7, 11) is 2.05. The lowest BCUT2D eigenvalue weighted by atomic mass is 9.98. The molecule has 1 aromatic heterocycles. The molecular weight excluding hydrogens is 228 g/mol. The van der Waals surface area contributed by atoms with Crippen molar-refractivity contribution in [2.75, 3.05) is 19.7 Å². The Morgan fingerprint density at radius 2 is 1.94 bits per heavy atom. The first-order chi connectivity index (χ1) is 8.61. The first-order valence-corrected chi connectivity index (χ1v) is 6.83. The van der Waals surface area contributed by atoms with Crippen LogP contribution >= 0.6 is 0 Å². The third-order valence-electron chi connectivity index (χ3n) is 3.85. The van der Waals surface area contributed by atoms with Crippen molar-refractivity contribution in [1.29, 1.82) is 0 Å². The minimum atomic E-state index is 0.329. The van der Waals surface area contributed by atoms with Gasteiger partial charge in [0, 0.05) is 19.6 Å². The minimum absolute atomic E-state index is 0.329. The van der Waals surface area contributed by atoms with Crippen LogP contribution in [0.2, 0.25) is 0 Å². The molecule has 1 fully saturated rings. The van der Waals surface area contributed by atoms with Gasteiger partial charge in [0.1, 0.15) is 11.6 Å². The van der Waals surface area contributed by atoms with E-state index in [2.05, 4.69) is 33.5 Å². The zero-order valence-electron chi connectivity index (χ0n) is 11.6. The van der Waals surface area contributed by atoms with Crippen molar-refractivity contribution in [3.63, 3.8) is 0 Å². The lowest BCUT2D eigenvalue weighted by Gasteiger charge is -2.30. The molecule has 2 rings (SSSR count). The Labute approximate surface area is 109 Å². The van der Waals surface area contributed by atoms with Crippen molar-refractivity contribution < 1.29 is 5.11 Å². The SMILES string of the molecule is CC(C)c1nnc(CN2CCC(CO)CC2)n1C. The van der Waals surface area contributed by atoms with Crippen molar-refractivity contribution in [3.05, 3.63) is 11.6 Å². The van der Waals surface area contributed by atoms with Gasteiger partial charge in [0.05, 0.1) is 6.54 Å². The van der Waals surface area contributed by atoms with Crippen molar-refractivity contribution in [3.8, 4) is 0 Å². The van der Waals surface area contributed by atoms with E-state index < -0.39 is 0 Å². The third kappa shape index (κ3) is 2.90. The Morgan fingerprint density at radius 3 is 2.44 bits per heavy atom. The quantitative estimate of drug-likeness (QED) is 0.873. The van der Waals surface area contributed by atoms with Crippen molar-refractivity contribution in [1.82, 2.24) is 19.7 Å². The summed E-state index contributed by atoms with van der Waals surface area (Å²) in [6, 6.07) is 0. The summed E-state index contributed by atoms with van der Waals surface area (Å²) < 4.78 is 2.11. The number of aliphatic hydroxyl groups excluding tert-OH is 1. The lowest BCUT2D eigenvalue weighted by Crippen LogP contribution is -2.35. The van der Waals surface area contributed by atoms with Gasteiger partial charge >= 0.3 is 0 Å². The van der Waals surface area contributed by atoms with E-state index in [1.807, 2.05) is 7.05 Å². The predicted octanol–water partition coefficient (Wildman–Crippen LogP) is 1.14. The molecule has 1 aliphatic heterocycles. The Kier molecular flexibility index (Phi) is 4.35. The molecule has 0 bridgehead atoms. The standard InChI is InChI=1S/C13H24N4O/c1-10(2)13-15-14-12(16(13)3)8-17-6-4-11(9-18)5-7-17/h10-11,18H,4-9H2,1-3H3. The summed E-state index contributed by atoms with van der Waals surface area (Å²) in [5, 5.41) is 17.7. The van der Waals surface area contributed by atoms with Crippen LogP contribution in [0.5, 0.6) is 0 Å². The van der Waals surface area contributed by atoms with Crippen LogP contribution in [-0.2, 0) is 13.6 Å². The molecule has 0 saturated carbocycles. The average molecular weight is 252 g/mol. The fourth-order valence-electron chi connectivity index (χ4n) is 2.54. The number of aliphatic hydroxyl groups is 1. The maximum atomic E-state index is 9.13. The van der Waals surface area contributed by atoms with Crippen LogP contribution in [0.25, 0.3) is 0 Å². The maximum absolute atomic E-state index is 9.13. The monoisotopic (exact) mass is 252 g/mol. The van der Waals surface area contributed by atoms with Gasteiger partial charge in [-0.1, -0.05) is 13.8 Å². The van der Waals surface area contributed by atoms with Gasteiger partial charge in [-0.25, -0.2) is 0 Å². The molecule has 102 valence electrons. The molecule has 5 heteroatoms. The molecular formula is C13H24N4O. The van der Waals surface area contributed by atoms with Crippen molar-refractivity contribution in [2.45, 2.75) is 39.2 Å². The van der Waals surface area contributed by atoms with Crippen LogP contribution < -0.4 is 0 Å². The fraction of sp³-hybridized carbons (Fsp3) is 0.846. The van der Waals surface area contributed by atoms with E-state index >= 15 is 0 Å². The molecule has 0 radical (unpaired) electrons. The largest absolute Gasteiger partial charge is 0.396 e. The van der Waals surface area contributed by atoms with Crippen LogP contribution in [0.3, 0.4) is 0 Å². The highest BCUT2D eigenvalue weighted by Gasteiger charge is 2.20. The van der Waals surface area contributed by atoms with Crippen LogP contribution in [0.4, 0.5) is 0 Å². The average Bonchev–Trinajstić information content (AvgIpc) is 2.72. The number of nitrogens with zero attached hydrogens (tertiary/aromatic N) is 4. The Morgan fingerprint density at radius 1 is 1.28 bits per heavy atom. The summed E-state index contributed by atoms with van der Waals surface area (Å²) in [4.78, 5) is 2.40. The van der Waals surface area contributed by atoms with Crippen LogP contribution in [0.1, 0.15) is 44.3 Å². The maximum Gasteiger partial charge on any atom is 0.146 e. The van der Waals surface area contributed by atoms with Crippen molar-refractivity contribution >= 4 is 0 Å². The van der Waals surface area contributed by atoms with E-state index in [4.69, 9.17) is 5.11 Å². The van der Waals surface area contributed by atoms with E-state index in [1.54, 1.807) is 0 Å². The normalized spacial score (nSPS) is 18.7. The third-order valence-corrected chi connectivity index (χ3v) is 3.85. The summed E-state index contributed by atoms with van der Waals surface area (Å²) in [5.41, 5.74) is 0. The Hall–Kier alpha value is -0.940. The zero-order valence-corrected chi connectivity index (χ0v) is 11.6. The van der Waals surface area contributed by atoms with E-state index in [-0.39, 0.29) is 0 Å². The highest BCUT2D eigenvalue weighted by Crippen LogP contribution is 2.19. The summed E-state index contributed by atoms with van der Waals surface area (Å²) in [6.45, 7) is 7.58. The molecule has 0 unspecified atom stereocenters. The number of piperidine rings is 1. The number of rotatable bonds is 4. The van der Waals surface area contributed by atoms with Crippen LogP contribution in [0, 0.1) is 5.92 Å². The van der Waals surface area contributed by atoms with Gasteiger partial charge < -0.3 is 9.67 Å². The van der Waals surface area contributed by atoms with Gasteiger partial charge in [-0.15, -0.1) is 10.2 Å². The second-order valence-corrected chi connectivity index (χ2v) is 5.59. The Balaban J connectivity index is 1.94. The van der Waals surface area contributed by atoms with E-state index in [0.717, 1.165) is 44.1 Å². The molecule has 2 heterocycles. The molecule has 5 nitrogen and oxygen atoms in total. The van der Waals surface area contributed by atoms with Crippen LogP contribution in [0.15, 0.2) is 0 Å². The molecule has 1 N–H and O–H groups in total. The molecule has 0 amide bonds. The Bertz CT molecular complexity index is 380. The molecule has 0 aliphatic carbocycles. The van der Waals surface area contributed by atoms with Gasteiger partial charge in [0.25, 0.3) is 0 Å². The molecule has 1 aromatic rings. The smallest absolute Gasteiger partial charge is 0.146 e.